The van der Waals surface area contributed by atoms with Gasteiger partial charge in [-0.05, 0) is 56.5 Å². The van der Waals surface area contributed by atoms with Crippen molar-refractivity contribution in [3.8, 4) is 11.4 Å². The first-order chi connectivity index (χ1) is 14.5. The van der Waals surface area contributed by atoms with Gasteiger partial charge in [0.15, 0.2) is 0 Å². The average molecular weight is 403 g/mol. The van der Waals surface area contributed by atoms with Crippen LogP contribution in [0.4, 0.5) is 5.69 Å². The third-order valence-corrected chi connectivity index (χ3v) is 5.45. The zero-order chi connectivity index (χ0) is 21.1. The number of aryl methyl sites for hydroxylation is 2. The SMILES string of the molecule is Cc1ccc(NC(=O)[C@H]2CCCN(C(=O)c3cc(-c4ccccn4)n[nH]3)C2)c(C)c1. The largest absolute Gasteiger partial charge is 0.337 e. The molecule has 1 aliphatic rings. The molecule has 154 valence electrons. The van der Waals surface area contributed by atoms with Crippen LogP contribution >= 0.6 is 0 Å². The number of nitrogens with zero attached hydrogens (tertiary/aromatic N) is 3. The van der Waals surface area contributed by atoms with E-state index >= 15 is 0 Å². The quantitative estimate of drug-likeness (QED) is 0.697. The minimum Gasteiger partial charge on any atom is -0.337 e. The Kier molecular flexibility index (Phi) is 5.61. The summed E-state index contributed by atoms with van der Waals surface area (Å²) >= 11 is 0. The second-order valence-corrected chi connectivity index (χ2v) is 7.78. The minimum absolute atomic E-state index is 0.0433. The Morgan fingerprint density at radius 2 is 2.00 bits per heavy atom. The molecule has 1 atom stereocenters. The molecule has 3 heterocycles. The van der Waals surface area contributed by atoms with Crippen LogP contribution in [0.15, 0.2) is 48.7 Å². The highest BCUT2D eigenvalue weighted by Gasteiger charge is 2.30. The minimum atomic E-state index is -0.235. The number of pyridine rings is 1. The molecule has 0 aliphatic carbocycles. The van der Waals surface area contributed by atoms with Crippen molar-refractivity contribution in [3.63, 3.8) is 0 Å². The molecule has 2 aromatic heterocycles. The van der Waals surface area contributed by atoms with Crippen molar-refractivity contribution in [2.24, 2.45) is 5.92 Å². The van der Waals surface area contributed by atoms with Gasteiger partial charge in [-0.2, -0.15) is 5.10 Å². The number of nitrogens with one attached hydrogen (secondary N) is 2. The van der Waals surface area contributed by atoms with Crippen LogP contribution < -0.4 is 5.32 Å². The van der Waals surface area contributed by atoms with Crippen molar-refractivity contribution in [1.82, 2.24) is 20.1 Å². The van der Waals surface area contributed by atoms with Crippen LogP contribution in [-0.4, -0.2) is 45.0 Å². The Morgan fingerprint density at radius 3 is 2.77 bits per heavy atom. The number of hydrogen-bond donors (Lipinski definition) is 2. The first kappa shape index (κ1) is 19.8. The van der Waals surface area contributed by atoms with E-state index in [9.17, 15) is 9.59 Å². The highest BCUT2D eigenvalue weighted by atomic mass is 16.2. The lowest BCUT2D eigenvalue weighted by atomic mass is 9.96. The lowest BCUT2D eigenvalue weighted by Crippen LogP contribution is -2.44. The first-order valence-corrected chi connectivity index (χ1v) is 10.2. The van der Waals surface area contributed by atoms with E-state index in [-0.39, 0.29) is 17.7 Å². The molecule has 2 amide bonds. The summed E-state index contributed by atoms with van der Waals surface area (Å²) < 4.78 is 0. The molecule has 0 radical (unpaired) electrons. The number of aromatic amines is 1. The molecule has 1 saturated heterocycles. The van der Waals surface area contributed by atoms with Gasteiger partial charge in [0, 0.05) is 25.0 Å². The van der Waals surface area contributed by atoms with Crippen LogP contribution in [0.25, 0.3) is 11.4 Å². The second-order valence-electron chi connectivity index (χ2n) is 7.78. The van der Waals surface area contributed by atoms with E-state index in [1.165, 1.54) is 0 Å². The zero-order valence-corrected chi connectivity index (χ0v) is 17.2. The van der Waals surface area contributed by atoms with Crippen LogP contribution in [-0.2, 0) is 4.79 Å². The van der Waals surface area contributed by atoms with Crippen molar-refractivity contribution in [2.75, 3.05) is 18.4 Å². The number of likely N-dealkylation sites (tertiary alicyclic amines) is 1. The summed E-state index contributed by atoms with van der Waals surface area (Å²) in [6, 6.07) is 13.2. The molecule has 30 heavy (non-hydrogen) atoms. The number of piperidine rings is 1. The highest BCUT2D eigenvalue weighted by Crippen LogP contribution is 2.23. The van der Waals surface area contributed by atoms with Gasteiger partial charge in [-0.25, -0.2) is 0 Å². The first-order valence-electron chi connectivity index (χ1n) is 10.2. The van der Waals surface area contributed by atoms with E-state index in [0.717, 1.165) is 29.7 Å². The number of carbonyl (C=O) groups excluding carboxylic acids is 2. The fourth-order valence-corrected chi connectivity index (χ4v) is 3.81. The predicted molar refractivity (Wildman–Crippen MR) is 115 cm³/mol. The molecular weight excluding hydrogens is 378 g/mol. The second kappa shape index (κ2) is 8.49. The zero-order valence-electron chi connectivity index (χ0n) is 17.2. The van der Waals surface area contributed by atoms with Gasteiger partial charge < -0.3 is 10.2 Å². The molecule has 0 spiro atoms. The van der Waals surface area contributed by atoms with Gasteiger partial charge in [0.25, 0.3) is 5.91 Å². The molecule has 3 aromatic rings. The summed E-state index contributed by atoms with van der Waals surface area (Å²) in [6.07, 6.45) is 3.25. The number of hydrogen-bond acceptors (Lipinski definition) is 4. The van der Waals surface area contributed by atoms with Crippen LogP contribution in [0.3, 0.4) is 0 Å². The van der Waals surface area contributed by atoms with Crippen molar-refractivity contribution in [1.29, 1.82) is 0 Å². The maximum Gasteiger partial charge on any atom is 0.271 e. The Morgan fingerprint density at radius 1 is 1.13 bits per heavy atom. The van der Waals surface area contributed by atoms with Gasteiger partial charge in [0.1, 0.15) is 11.4 Å². The summed E-state index contributed by atoms with van der Waals surface area (Å²) in [5.41, 5.74) is 4.75. The fourth-order valence-electron chi connectivity index (χ4n) is 3.81. The summed E-state index contributed by atoms with van der Waals surface area (Å²) in [7, 11) is 0. The molecule has 0 bridgehead atoms. The topological polar surface area (TPSA) is 91.0 Å². The van der Waals surface area contributed by atoms with E-state index in [2.05, 4.69) is 20.5 Å². The van der Waals surface area contributed by atoms with Crippen LogP contribution in [0.1, 0.15) is 34.5 Å². The molecule has 7 heteroatoms. The molecule has 1 fully saturated rings. The molecule has 1 aromatic carbocycles. The van der Waals surface area contributed by atoms with E-state index in [0.29, 0.717) is 30.2 Å². The monoisotopic (exact) mass is 403 g/mol. The molecule has 0 saturated carbocycles. The number of aromatic nitrogens is 3. The molecular formula is C23H25N5O2. The third-order valence-electron chi connectivity index (χ3n) is 5.45. The molecule has 7 nitrogen and oxygen atoms in total. The maximum absolute atomic E-state index is 13.0. The Hall–Kier alpha value is -3.48. The number of H-pyrrole nitrogens is 1. The Labute approximate surface area is 175 Å². The number of rotatable bonds is 4. The third kappa shape index (κ3) is 4.25. The lowest BCUT2D eigenvalue weighted by Gasteiger charge is -2.31. The average Bonchev–Trinajstić information content (AvgIpc) is 3.26. The summed E-state index contributed by atoms with van der Waals surface area (Å²) in [4.78, 5) is 31.8. The van der Waals surface area contributed by atoms with Crippen LogP contribution in [0.5, 0.6) is 0 Å². The van der Waals surface area contributed by atoms with Gasteiger partial charge >= 0.3 is 0 Å². The summed E-state index contributed by atoms with van der Waals surface area (Å²) in [5.74, 6) is -0.423. The van der Waals surface area contributed by atoms with Crippen molar-refractivity contribution in [3.05, 3.63) is 65.5 Å². The van der Waals surface area contributed by atoms with Gasteiger partial charge in [-0.3, -0.25) is 19.7 Å². The van der Waals surface area contributed by atoms with E-state index in [1.807, 2.05) is 50.2 Å². The van der Waals surface area contributed by atoms with E-state index < -0.39 is 0 Å². The highest BCUT2D eigenvalue weighted by molar-refractivity contribution is 5.96. The normalized spacial score (nSPS) is 16.3. The van der Waals surface area contributed by atoms with Gasteiger partial charge in [0.2, 0.25) is 5.91 Å². The predicted octanol–water partition coefficient (Wildman–Crippen LogP) is 3.58. The van der Waals surface area contributed by atoms with E-state index in [4.69, 9.17) is 0 Å². The van der Waals surface area contributed by atoms with Crippen molar-refractivity contribution < 1.29 is 9.59 Å². The Balaban J connectivity index is 1.43. The molecule has 2 N–H and O–H groups in total. The van der Waals surface area contributed by atoms with Crippen molar-refractivity contribution >= 4 is 17.5 Å². The molecule has 4 rings (SSSR count). The Bertz CT molecular complexity index is 1060. The number of benzene rings is 1. The number of amides is 2. The number of anilines is 1. The van der Waals surface area contributed by atoms with E-state index in [1.54, 1.807) is 17.2 Å². The maximum atomic E-state index is 13.0. The summed E-state index contributed by atoms with van der Waals surface area (Å²) in [5, 5.41) is 10.1. The number of carbonyl (C=O) groups is 2. The van der Waals surface area contributed by atoms with Crippen molar-refractivity contribution in [2.45, 2.75) is 26.7 Å². The lowest BCUT2D eigenvalue weighted by molar-refractivity contribution is -0.121. The smallest absolute Gasteiger partial charge is 0.271 e. The van der Waals surface area contributed by atoms with Crippen LogP contribution in [0.2, 0.25) is 0 Å². The van der Waals surface area contributed by atoms with Gasteiger partial charge in [0.05, 0.1) is 11.6 Å². The van der Waals surface area contributed by atoms with Crippen LogP contribution in [0, 0.1) is 19.8 Å². The molecule has 1 aliphatic heterocycles. The fraction of sp³-hybridized carbons (Fsp3) is 0.304. The summed E-state index contributed by atoms with van der Waals surface area (Å²) in [6.45, 7) is 5.03. The molecule has 0 unspecified atom stereocenters. The van der Waals surface area contributed by atoms with Gasteiger partial charge in [-0.15, -0.1) is 0 Å². The standard InChI is InChI=1S/C23H25N5O2/c1-15-8-9-18(16(2)12-15)25-22(29)17-6-5-11-28(14-17)23(30)21-13-20(26-27-21)19-7-3-4-10-24-19/h3-4,7-10,12-13,17H,5-6,11,14H2,1-2H3,(H,25,29)(H,26,27)/t17-/m0/s1. The van der Waals surface area contributed by atoms with Gasteiger partial charge in [-0.1, -0.05) is 23.8 Å².